The summed E-state index contributed by atoms with van der Waals surface area (Å²) in [5.41, 5.74) is 1.21. The van der Waals surface area contributed by atoms with Crippen molar-refractivity contribution in [2.24, 2.45) is 5.92 Å². The summed E-state index contributed by atoms with van der Waals surface area (Å²) in [7, 11) is 0. The average Bonchev–Trinajstić information content (AvgIpc) is 2.83. The van der Waals surface area contributed by atoms with Crippen molar-refractivity contribution in [3.63, 3.8) is 0 Å². The molecular formula is C12H15FO. The zero-order valence-corrected chi connectivity index (χ0v) is 8.55. The molecule has 0 amide bonds. The van der Waals surface area contributed by atoms with E-state index < -0.39 is 5.82 Å². The molecule has 2 atom stereocenters. The van der Waals surface area contributed by atoms with Gasteiger partial charge in [-0.2, -0.15) is 0 Å². The van der Waals surface area contributed by atoms with Crippen molar-refractivity contribution in [2.45, 2.75) is 32.1 Å². The number of hydrogen-bond donors (Lipinski definition) is 1. The van der Waals surface area contributed by atoms with E-state index in [1.165, 1.54) is 12.1 Å². The van der Waals surface area contributed by atoms with Gasteiger partial charge in [0, 0.05) is 0 Å². The third kappa shape index (κ3) is 1.21. The Kier molecular flexibility index (Phi) is 2.02. The number of rotatable bonds is 2. The Labute approximate surface area is 83.6 Å². The first kappa shape index (κ1) is 9.50. The highest BCUT2D eigenvalue weighted by molar-refractivity contribution is 5.37. The van der Waals surface area contributed by atoms with Crippen LogP contribution >= 0.6 is 0 Å². The van der Waals surface area contributed by atoms with Crippen LogP contribution in [-0.4, -0.2) is 5.11 Å². The van der Waals surface area contributed by atoms with Gasteiger partial charge in [0.2, 0.25) is 0 Å². The van der Waals surface area contributed by atoms with Gasteiger partial charge in [0.25, 0.3) is 0 Å². The van der Waals surface area contributed by atoms with Gasteiger partial charge in [-0.05, 0) is 41.9 Å². The standard InChI is InChI=1S/C12H15FO/c1-3-12(7-8(12)2)9-4-5-11(14)10(13)6-9/h4-6,8,14H,3,7H2,1-2H3/t8-,12?/m1/s1. The summed E-state index contributed by atoms with van der Waals surface area (Å²) in [4.78, 5) is 0. The highest BCUT2D eigenvalue weighted by Crippen LogP contribution is 2.56. The third-order valence-electron chi connectivity index (χ3n) is 3.61. The monoisotopic (exact) mass is 194 g/mol. The van der Waals surface area contributed by atoms with E-state index in [1.807, 2.05) is 6.07 Å². The Balaban J connectivity index is 2.38. The van der Waals surface area contributed by atoms with Gasteiger partial charge in [0.1, 0.15) is 0 Å². The van der Waals surface area contributed by atoms with E-state index in [0.29, 0.717) is 5.92 Å². The van der Waals surface area contributed by atoms with Crippen molar-refractivity contribution in [2.75, 3.05) is 0 Å². The van der Waals surface area contributed by atoms with E-state index in [1.54, 1.807) is 0 Å². The molecule has 0 aliphatic heterocycles. The number of phenolic OH excluding ortho intramolecular Hbond substituents is 1. The van der Waals surface area contributed by atoms with Crippen LogP contribution in [0.15, 0.2) is 18.2 Å². The summed E-state index contributed by atoms with van der Waals surface area (Å²) >= 11 is 0. The van der Waals surface area contributed by atoms with Crippen molar-refractivity contribution in [3.05, 3.63) is 29.6 Å². The fourth-order valence-corrected chi connectivity index (χ4v) is 2.40. The van der Waals surface area contributed by atoms with E-state index in [2.05, 4.69) is 13.8 Å². The van der Waals surface area contributed by atoms with Crippen molar-refractivity contribution >= 4 is 0 Å². The molecule has 0 saturated heterocycles. The minimum atomic E-state index is -0.505. The lowest BCUT2D eigenvalue weighted by molar-refractivity contribution is 0.430. The van der Waals surface area contributed by atoms with Crippen LogP contribution in [0.2, 0.25) is 0 Å². The van der Waals surface area contributed by atoms with Crippen LogP contribution in [0.5, 0.6) is 5.75 Å². The molecule has 1 aromatic carbocycles. The van der Waals surface area contributed by atoms with Gasteiger partial charge in [-0.3, -0.25) is 0 Å². The van der Waals surface area contributed by atoms with Gasteiger partial charge in [0.15, 0.2) is 11.6 Å². The number of aromatic hydroxyl groups is 1. The van der Waals surface area contributed by atoms with Crippen molar-refractivity contribution < 1.29 is 9.50 Å². The van der Waals surface area contributed by atoms with Crippen LogP contribution < -0.4 is 0 Å². The van der Waals surface area contributed by atoms with Crippen LogP contribution in [0.4, 0.5) is 4.39 Å². The molecule has 1 nitrogen and oxygen atoms in total. The normalized spacial score (nSPS) is 30.4. The van der Waals surface area contributed by atoms with Gasteiger partial charge in [-0.15, -0.1) is 0 Å². The molecular weight excluding hydrogens is 179 g/mol. The van der Waals surface area contributed by atoms with Crippen molar-refractivity contribution in [1.82, 2.24) is 0 Å². The lowest BCUT2D eigenvalue weighted by atomic mass is 9.91. The fourth-order valence-electron chi connectivity index (χ4n) is 2.40. The molecule has 76 valence electrons. The van der Waals surface area contributed by atoms with Crippen molar-refractivity contribution in [3.8, 4) is 5.75 Å². The second kappa shape index (κ2) is 2.97. The molecule has 2 heteroatoms. The largest absolute Gasteiger partial charge is 0.505 e. The summed E-state index contributed by atoms with van der Waals surface area (Å²) in [6.07, 6.45) is 2.17. The van der Waals surface area contributed by atoms with E-state index >= 15 is 0 Å². The second-order valence-electron chi connectivity index (χ2n) is 4.28. The molecule has 14 heavy (non-hydrogen) atoms. The Bertz CT molecular complexity index is 357. The van der Waals surface area contributed by atoms with Gasteiger partial charge in [0.05, 0.1) is 0 Å². The maximum Gasteiger partial charge on any atom is 0.165 e. The molecule has 0 spiro atoms. The van der Waals surface area contributed by atoms with Gasteiger partial charge >= 0.3 is 0 Å². The number of phenols is 1. The Morgan fingerprint density at radius 3 is 2.64 bits per heavy atom. The molecule has 0 heterocycles. The van der Waals surface area contributed by atoms with E-state index in [9.17, 15) is 4.39 Å². The molecule has 1 aromatic rings. The number of benzene rings is 1. The van der Waals surface area contributed by atoms with E-state index in [4.69, 9.17) is 5.11 Å². The molecule has 0 radical (unpaired) electrons. The number of halogens is 1. The maximum atomic E-state index is 13.2. The highest BCUT2D eigenvalue weighted by atomic mass is 19.1. The Hall–Kier alpha value is -1.05. The first-order valence-electron chi connectivity index (χ1n) is 5.09. The predicted octanol–water partition coefficient (Wildman–Crippen LogP) is 3.22. The van der Waals surface area contributed by atoms with E-state index in [-0.39, 0.29) is 11.2 Å². The zero-order chi connectivity index (χ0) is 10.3. The average molecular weight is 194 g/mol. The molecule has 1 unspecified atom stereocenters. The SMILES string of the molecule is CCC1(c2ccc(O)c(F)c2)C[C@H]1C. The maximum absolute atomic E-state index is 13.2. The minimum Gasteiger partial charge on any atom is -0.505 e. The molecule has 1 fully saturated rings. The third-order valence-corrected chi connectivity index (χ3v) is 3.61. The summed E-state index contributed by atoms with van der Waals surface area (Å²) < 4.78 is 13.2. The Morgan fingerprint density at radius 2 is 2.21 bits per heavy atom. The summed E-state index contributed by atoms with van der Waals surface area (Å²) in [5, 5.41) is 9.09. The molecule has 1 N–H and O–H groups in total. The van der Waals surface area contributed by atoms with Crippen molar-refractivity contribution in [1.29, 1.82) is 0 Å². The summed E-state index contributed by atoms with van der Waals surface area (Å²) in [5.74, 6) is -0.126. The lowest BCUT2D eigenvalue weighted by Crippen LogP contribution is -2.07. The first-order valence-corrected chi connectivity index (χ1v) is 5.09. The van der Waals surface area contributed by atoms with Crippen LogP contribution in [-0.2, 0) is 5.41 Å². The van der Waals surface area contributed by atoms with Gasteiger partial charge in [-0.1, -0.05) is 19.9 Å². The van der Waals surface area contributed by atoms with Gasteiger partial charge < -0.3 is 5.11 Å². The number of hydrogen-bond acceptors (Lipinski definition) is 1. The summed E-state index contributed by atoms with van der Waals surface area (Å²) in [6.45, 7) is 4.32. The molecule has 1 aliphatic rings. The topological polar surface area (TPSA) is 20.2 Å². The Morgan fingerprint density at radius 1 is 1.57 bits per heavy atom. The quantitative estimate of drug-likeness (QED) is 0.766. The van der Waals surface area contributed by atoms with Crippen LogP contribution in [0.25, 0.3) is 0 Å². The van der Waals surface area contributed by atoms with Crippen LogP contribution in [0.1, 0.15) is 32.3 Å². The lowest BCUT2D eigenvalue weighted by Gasteiger charge is -2.14. The molecule has 2 rings (SSSR count). The molecule has 0 aromatic heterocycles. The summed E-state index contributed by atoms with van der Waals surface area (Å²) in [6, 6.07) is 4.76. The van der Waals surface area contributed by atoms with Gasteiger partial charge in [-0.25, -0.2) is 4.39 Å². The fraction of sp³-hybridized carbons (Fsp3) is 0.500. The highest BCUT2D eigenvalue weighted by Gasteiger charge is 2.50. The molecule has 1 saturated carbocycles. The molecule has 1 aliphatic carbocycles. The van der Waals surface area contributed by atoms with E-state index in [0.717, 1.165) is 18.4 Å². The smallest absolute Gasteiger partial charge is 0.165 e. The van der Waals surface area contributed by atoms with Crippen LogP contribution in [0.3, 0.4) is 0 Å². The first-order chi connectivity index (χ1) is 6.60. The predicted molar refractivity (Wildman–Crippen MR) is 53.8 cm³/mol. The molecule has 0 bridgehead atoms. The second-order valence-corrected chi connectivity index (χ2v) is 4.28. The minimum absolute atomic E-state index is 0.175. The zero-order valence-electron chi connectivity index (χ0n) is 8.55. The van der Waals surface area contributed by atoms with Crippen LogP contribution in [0, 0.1) is 11.7 Å².